The summed E-state index contributed by atoms with van der Waals surface area (Å²) >= 11 is 0. The molecule has 0 radical (unpaired) electrons. The quantitative estimate of drug-likeness (QED) is 0.156. The number of fused-ring (bicyclic) bond motifs is 10. The Morgan fingerprint density at radius 2 is 0.831 bits per heavy atom. The molecule has 0 spiro atoms. The third kappa shape index (κ3) is 8.32. The Morgan fingerprint density at radius 3 is 1.42 bits per heavy atom. The van der Waals surface area contributed by atoms with E-state index in [2.05, 4.69) is 225 Å². The van der Waals surface area contributed by atoms with Crippen LogP contribution >= 0.6 is 0 Å². The molecule has 0 aliphatic carbocycles. The maximum absolute atomic E-state index is 6.87. The highest BCUT2D eigenvalue weighted by molar-refractivity contribution is 6.24. The van der Waals surface area contributed by atoms with E-state index < -0.39 is 0 Å². The molecule has 342 valence electrons. The third-order valence-corrected chi connectivity index (χ3v) is 13.0. The molecule has 5 heteroatoms. The van der Waals surface area contributed by atoms with Crippen molar-refractivity contribution in [3.8, 4) is 62.1 Å². The van der Waals surface area contributed by atoms with Crippen LogP contribution in [0, 0.1) is 0 Å². The van der Waals surface area contributed by atoms with Gasteiger partial charge in [-0.25, -0.2) is 4.98 Å². The summed E-state index contributed by atoms with van der Waals surface area (Å²) in [5.41, 5.74) is 12.1. The highest BCUT2D eigenvalue weighted by Crippen LogP contribution is 2.45. The van der Waals surface area contributed by atoms with Crippen LogP contribution in [0.15, 0.2) is 235 Å². The first-order valence-corrected chi connectivity index (χ1v) is 24.5. The first-order chi connectivity index (χ1) is 35.1. The van der Waals surface area contributed by atoms with Gasteiger partial charge in [0.25, 0.3) is 0 Å². The fourth-order valence-corrected chi connectivity index (χ4v) is 9.63. The number of hydrogen-bond donors (Lipinski definition) is 0. The second-order valence-corrected chi connectivity index (χ2v) is 17.7. The molecular formula is C66H52N4O. The summed E-state index contributed by atoms with van der Waals surface area (Å²) in [5, 5.41) is 9.01. The summed E-state index contributed by atoms with van der Waals surface area (Å²) in [6.45, 7) is 8.25. The molecule has 10 aromatic carbocycles. The molecule has 0 unspecified atom stereocenters. The summed E-state index contributed by atoms with van der Waals surface area (Å²) in [4.78, 5) is 16.1. The van der Waals surface area contributed by atoms with Crippen molar-refractivity contribution in [3.05, 3.63) is 231 Å². The minimum Gasteiger partial charge on any atom is -0.455 e. The van der Waals surface area contributed by atoms with Gasteiger partial charge in [-0.1, -0.05) is 245 Å². The highest BCUT2D eigenvalue weighted by atomic mass is 16.3. The summed E-state index contributed by atoms with van der Waals surface area (Å²) in [6, 6.07) is 76.8. The molecule has 0 saturated heterocycles. The number of rotatable bonds is 6. The number of hydrogen-bond acceptors (Lipinski definition) is 4. The topological polar surface area (TPSA) is 56.7 Å². The monoisotopic (exact) mass is 916 g/mol. The number of nitrogens with zero attached hydrogens (tertiary/aromatic N) is 4. The zero-order chi connectivity index (χ0) is 48.3. The summed E-state index contributed by atoms with van der Waals surface area (Å²) in [7, 11) is 0. The number of aromatic nitrogens is 4. The second kappa shape index (κ2) is 19.6. The number of benzene rings is 10. The molecule has 0 aliphatic heterocycles. The first kappa shape index (κ1) is 44.6. The Bertz CT molecular complexity index is 3930. The van der Waals surface area contributed by atoms with Crippen LogP contribution in [0.3, 0.4) is 0 Å². The molecule has 0 saturated carbocycles. The lowest BCUT2D eigenvalue weighted by Crippen LogP contribution is -2.07. The van der Waals surface area contributed by atoms with Gasteiger partial charge in [0.1, 0.15) is 11.2 Å². The third-order valence-electron chi connectivity index (χ3n) is 13.0. The van der Waals surface area contributed by atoms with Gasteiger partial charge in [-0.05, 0) is 58.3 Å². The first-order valence-electron chi connectivity index (χ1n) is 24.5. The van der Waals surface area contributed by atoms with Crippen molar-refractivity contribution in [2.45, 2.75) is 34.1 Å². The van der Waals surface area contributed by atoms with E-state index in [-0.39, 0.29) is 0 Å². The average molecular weight is 917 g/mol. The van der Waals surface area contributed by atoms with Gasteiger partial charge >= 0.3 is 0 Å². The molecular weight excluding hydrogens is 865 g/mol. The van der Waals surface area contributed by atoms with E-state index in [1.165, 1.54) is 17.2 Å². The van der Waals surface area contributed by atoms with Gasteiger partial charge in [0, 0.05) is 49.2 Å². The van der Waals surface area contributed by atoms with Crippen LogP contribution in [-0.4, -0.2) is 19.5 Å². The molecule has 3 heterocycles. The van der Waals surface area contributed by atoms with Crippen LogP contribution < -0.4 is 0 Å². The zero-order valence-corrected chi connectivity index (χ0v) is 40.3. The van der Waals surface area contributed by atoms with Crippen molar-refractivity contribution in [1.82, 2.24) is 19.5 Å². The summed E-state index contributed by atoms with van der Waals surface area (Å²) in [5.74, 6) is 1.71. The molecule has 0 atom stereocenters. The Balaban J connectivity index is 0.000000738. The molecule has 71 heavy (non-hydrogen) atoms. The van der Waals surface area contributed by atoms with E-state index in [1.54, 1.807) is 0 Å². The van der Waals surface area contributed by atoms with Gasteiger partial charge in [0.2, 0.25) is 5.95 Å². The average Bonchev–Trinajstić information content (AvgIpc) is 4.01. The summed E-state index contributed by atoms with van der Waals surface area (Å²) in [6.07, 6.45) is 5.25. The maximum Gasteiger partial charge on any atom is 0.238 e. The van der Waals surface area contributed by atoms with Crippen molar-refractivity contribution in [1.29, 1.82) is 0 Å². The number of furan rings is 1. The molecule has 3 aromatic heterocycles. The Hall–Kier alpha value is -8.93. The molecule has 0 bridgehead atoms. The minimum absolute atomic E-state index is 0.533. The lowest BCUT2D eigenvalue weighted by Gasteiger charge is -2.14. The van der Waals surface area contributed by atoms with Crippen molar-refractivity contribution >= 4 is 65.3 Å². The molecule has 13 rings (SSSR count). The lowest BCUT2D eigenvalue weighted by atomic mass is 9.98. The van der Waals surface area contributed by atoms with Gasteiger partial charge in [-0.15, -0.1) is 0 Å². The van der Waals surface area contributed by atoms with E-state index in [9.17, 15) is 0 Å². The van der Waals surface area contributed by atoms with Crippen LogP contribution in [0.2, 0.25) is 0 Å². The van der Waals surface area contributed by atoms with Gasteiger partial charge in [-0.3, -0.25) is 4.57 Å². The van der Waals surface area contributed by atoms with Crippen LogP contribution in [0.1, 0.15) is 34.1 Å². The van der Waals surface area contributed by atoms with Gasteiger partial charge < -0.3 is 4.42 Å². The largest absolute Gasteiger partial charge is 0.455 e. The predicted octanol–water partition coefficient (Wildman–Crippen LogP) is 18.5. The molecule has 0 amide bonds. The van der Waals surface area contributed by atoms with Crippen LogP contribution in [-0.2, 0) is 0 Å². The van der Waals surface area contributed by atoms with E-state index in [0.717, 1.165) is 99.0 Å². The predicted molar refractivity (Wildman–Crippen MR) is 300 cm³/mol. The van der Waals surface area contributed by atoms with Crippen LogP contribution in [0.25, 0.3) is 127 Å². The van der Waals surface area contributed by atoms with Gasteiger partial charge in [0.15, 0.2) is 11.6 Å². The maximum atomic E-state index is 6.87. The van der Waals surface area contributed by atoms with Crippen molar-refractivity contribution < 1.29 is 4.42 Å². The zero-order valence-electron chi connectivity index (χ0n) is 40.3. The molecule has 0 aliphatic rings. The fraction of sp³-hybridized carbons (Fsp3) is 0.0758. The smallest absolute Gasteiger partial charge is 0.238 e. The van der Waals surface area contributed by atoms with Crippen LogP contribution in [0.5, 0.6) is 0 Å². The highest BCUT2D eigenvalue weighted by Gasteiger charge is 2.24. The van der Waals surface area contributed by atoms with Crippen LogP contribution in [0.4, 0.5) is 0 Å². The molecule has 0 N–H and O–H groups in total. The minimum atomic E-state index is 0.533. The Morgan fingerprint density at radius 1 is 0.380 bits per heavy atom. The van der Waals surface area contributed by atoms with Crippen molar-refractivity contribution in [2.75, 3.05) is 0 Å². The van der Waals surface area contributed by atoms with E-state index in [0.29, 0.717) is 17.6 Å². The number of para-hydroxylation sites is 2. The van der Waals surface area contributed by atoms with E-state index in [1.807, 2.05) is 38.1 Å². The number of allylic oxidation sites excluding steroid dienone is 2. The lowest BCUT2D eigenvalue weighted by molar-refractivity contribution is 0.670. The Labute approximate surface area is 414 Å². The Kier molecular flexibility index (Phi) is 12.3. The molecule has 0 fully saturated rings. The standard InChI is InChI=1S/C59H36N4O.C4H8.C3H8/c1-3-13-37(14-4-1)39-25-29-43(30-26-39)57-60-58(44-31-27-40(28-32-44)38-15-5-2-6-16-38)62-59(61-57)63-54-46-20-10-8-18-42(46)33-35-49(54)47-21-11-22-48(55(47)63)50-23-12-24-51-53-45-19-9-7-17-41(45)34-36-52(53)64-56(50)51;1-3-4-2;1-3-2/h1-36H;3-4H,1-2H3;3H2,1-2H3/b;4-3-;. The SMILES string of the molecule is C/C=C\C.CCC.c1ccc(-c2ccc(-c3nc(-c4ccc(-c5ccccc5)cc4)nc(-n4c5c(-c6cccc7c6oc6ccc8ccccc8c67)cccc5c5ccc6ccccc6c54)n3)cc2)cc1. The second-order valence-electron chi connectivity index (χ2n) is 17.7. The van der Waals surface area contributed by atoms with Crippen molar-refractivity contribution in [3.63, 3.8) is 0 Å². The van der Waals surface area contributed by atoms with Crippen molar-refractivity contribution in [2.24, 2.45) is 0 Å². The van der Waals surface area contributed by atoms with E-state index >= 15 is 0 Å². The summed E-state index contributed by atoms with van der Waals surface area (Å²) < 4.78 is 9.14. The van der Waals surface area contributed by atoms with E-state index in [4.69, 9.17) is 19.4 Å². The van der Waals surface area contributed by atoms with Gasteiger partial charge in [-0.2, -0.15) is 9.97 Å². The molecule has 5 nitrogen and oxygen atoms in total. The molecule has 13 aromatic rings. The van der Waals surface area contributed by atoms with Gasteiger partial charge in [0.05, 0.1) is 11.0 Å². The normalized spacial score (nSPS) is 11.4. The fourth-order valence-electron chi connectivity index (χ4n) is 9.63.